The standard InChI is InChI=1S/C21H22N4O5/c1-13(2)20(26)29-12-11-22-21(27)30-14(3)16-9-10-17-19(24-25(28)23-17)18(16)15-7-5-4-6-8-15/h4-10,14,28H,1,11-12H2,2-3H3,(H,22,27). The summed E-state index contributed by atoms with van der Waals surface area (Å²) < 4.78 is 10.4. The lowest BCUT2D eigenvalue weighted by Gasteiger charge is -2.18. The number of carbonyl (C=O) groups excluding carboxylic acids is 2. The summed E-state index contributed by atoms with van der Waals surface area (Å²) in [6.45, 7) is 6.88. The third kappa shape index (κ3) is 4.75. The van der Waals surface area contributed by atoms with Crippen LogP contribution >= 0.6 is 0 Å². The van der Waals surface area contributed by atoms with Gasteiger partial charge in [0.2, 0.25) is 0 Å². The van der Waals surface area contributed by atoms with Gasteiger partial charge in [-0.3, -0.25) is 0 Å². The second-order valence-electron chi connectivity index (χ2n) is 6.62. The van der Waals surface area contributed by atoms with Crippen LogP contribution in [0.25, 0.3) is 22.2 Å². The zero-order chi connectivity index (χ0) is 21.7. The predicted octanol–water partition coefficient (Wildman–Crippen LogP) is 3.24. The molecule has 0 bridgehead atoms. The van der Waals surface area contributed by atoms with E-state index in [0.717, 1.165) is 5.56 Å². The normalized spacial score (nSPS) is 11.7. The number of ether oxygens (including phenoxy) is 2. The molecule has 1 atom stereocenters. The molecule has 0 aliphatic carbocycles. The van der Waals surface area contributed by atoms with Crippen molar-refractivity contribution in [1.82, 2.24) is 20.5 Å². The monoisotopic (exact) mass is 410 g/mol. The van der Waals surface area contributed by atoms with E-state index in [1.54, 1.807) is 26.0 Å². The molecule has 1 amide bonds. The van der Waals surface area contributed by atoms with E-state index in [9.17, 15) is 14.8 Å². The second kappa shape index (κ2) is 9.08. The van der Waals surface area contributed by atoms with Crippen LogP contribution in [-0.2, 0) is 14.3 Å². The SMILES string of the molecule is C=C(C)C(=O)OCCNC(=O)OC(C)c1ccc2nn(O)nc2c1-c1ccccc1. The van der Waals surface area contributed by atoms with Crippen molar-refractivity contribution in [2.75, 3.05) is 13.2 Å². The number of aromatic nitrogens is 3. The summed E-state index contributed by atoms with van der Waals surface area (Å²) in [6, 6.07) is 12.9. The summed E-state index contributed by atoms with van der Waals surface area (Å²) in [5.41, 5.74) is 3.55. The van der Waals surface area contributed by atoms with Gasteiger partial charge in [0.1, 0.15) is 23.7 Å². The van der Waals surface area contributed by atoms with Gasteiger partial charge in [0.15, 0.2) is 0 Å². The van der Waals surface area contributed by atoms with Crippen LogP contribution in [0, 0.1) is 0 Å². The molecular formula is C21H22N4O5. The van der Waals surface area contributed by atoms with Crippen LogP contribution in [0.1, 0.15) is 25.5 Å². The minimum absolute atomic E-state index is 0.00992. The Morgan fingerprint density at radius 3 is 2.63 bits per heavy atom. The number of nitrogens with zero attached hydrogens (tertiary/aromatic N) is 3. The van der Waals surface area contributed by atoms with Gasteiger partial charge in [0, 0.05) is 16.7 Å². The summed E-state index contributed by atoms with van der Waals surface area (Å²) in [5, 5.41) is 20.2. The van der Waals surface area contributed by atoms with Crippen LogP contribution < -0.4 is 5.32 Å². The first-order valence-electron chi connectivity index (χ1n) is 9.28. The third-order valence-electron chi connectivity index (χ3n) is 4.31. The molecule has 0 radical (unpaired) electrons. The molecule has 1 unspecified atom stereocenters. The van der Waals surface area contributed by atoms with Gasteiger partial charge in [-0.25, -0.2) is 9.59 Å². The molecular weight excluding hydrogens is 388 g/mol. The molecule has 0 saturated carbocycles. The van der Waals surface area contributed by atoms with Crippen molar-refractivity contribution in [3.05, 3.63) is 60.2 Å². The van der Waals surface area contributed by atoms with Crippen molar-refractivity contribution in [3.63, 3.8) is 0 Å². The number of nitrogens with one attached hydrogen (secondary N) is 1. The fourth-order valence-electron chi connectivity index (χ4n) is 2.92. The first kappa shape index (κ1) is 20.8. The fourth-order valence-corrected chi connectivity index (χ4v) is 2.92. The Bertz CT molecular complexity index is 1080. The van der Waals surface area contributed by atoms with E-state index in [2.05, 4.69) is 22.1 Å². The number of rotatable bonds is 7. The molecule has 3 aromatic rings. The number of carbonyl (C=O) groups is 2. The highest BCUT2D eigenvalue weighted by atomic mass is 16.6. The van der Waals surface area contributed by atoms with Gasteiger partial charge >= 0.3 is 12.1 Å². The van der Waals surface area contributed by atoms with Crippen molar-refractivity contribution >= 4 is 23.1 Å². The molecule has 0 aliphatic rings. The first-order valence-corrected chi connectivity index (χ1v) is 9.28. The molecule has 2 aromatic carbocycles. The van der Waals surface area contributed by atoms with Gasteiger partial charge in [-0.05, 0) is 30.4 Å². The maximum Gasteiger partial charge on any atom is 0.407 e. The lowest BCUT2D eigenvalue weighted by molar-refractivity contribution is -0.138. The number of amides is 1. The first-order chi connectivity index (χ1) is 14.4. The predicted molar refractivity (Wildman–Crippen MR) is 109 cm³/mol. The van der Waals surface area contributed by atoms with Gasteiger partial charge in [-0.2, -0.15) is 0 Å². The number of esters is 1. The summed E-state index contributed by atoms with van der Waals surface area (Å²) in [4.78, 5) is 24.0. The smallest absolute Gasteiger partial charge is 0.407 e. The minimum atomic E-state index is -0.654. The van der Waals surface area contributed by atoms with Gasteiger partial charge in [0.25, 0.3) is 0 Å². The topological polar surface area (TPSA) is 116 Å². The van der Waals surface area contributed by atoms with Gasteiger partial charge in [0.05, 0.1) is 6.54 Å². The molecule has 1 aromatic heterocycles. The Kier molecular flexibility index (Phi) is 6.31. The second-order valence-corrected chi connectivity index (χ2v) is 6.62. The highest BCUT2D eigenvalue weighted by Crippen LogP contribution is 2.35. The Hall–Kier alpha value is -3.88. The Balaban J connectivity index is 1.75. The molecule has 0 aliphatic heterocycles. The summed E-state index contributed by atoms with van der Waals surface area (Å²) in [6.07, 6.45) is -1.27. The molecule has 1 heterocycles. The van der Waals surface area contributed by atoms with E-state index >= 15 is 0 Å². The lowest BCUT2D eigenvalue weighted by atomic mass is 9.95. The summed E-state index contributed by atoms with van der Waals surface area (Å²) >= 11 is 0. The molecule has 0 saturated heterocycles. The van der Waals surface area contributed by atoms with E-state index in [0.29, 0.717) is 27.1 Å². The maximum absolute atomic E-state index is 12.2. The summed E-state index contributed by atoms with van der Waals surface area (Å²) in [5.74, 6) is -0.517. The molecule has 30 heavy (non-hydrogen) atoms. The molecule has 2 N–H and O–H groups in total. The van der Waals surface area contributed by atoms with Crippen molar-refractivity contribution in [1.29, 1.82) is 0 Å². The number of hydrogen-bond acceptors (Lipinski definition) is 7. The molecule has 0 spiro atoms. The average Bonchev–Trinajstić information content (AvgIpc) is 3.10. The fraction of sp³-hybridized carbons (Fsp3) is 0.238. The number of fused-ring (bicyclic) bond motifs is 1. The van der Waals surface area contributed by atoms with Crippen molar-refractivity contribution in [2.24, 2.45) is 0 Å². The number of alkyl carbamates (subject to hydrolysis) is 1. The minimum Gasteiger partial charge on any atom is -0.460 e. The van der Waals surface area contributed by atoms with Crippen LogP contribution in [0.4, 0.5) is 4.79 Å². The molecule has 156 valence electrons. The van der Waals surface area contributed by atoms with E-state index in [1.165, 1.54) is 0 Å². The number of benzene rings is 2. The third-order valence-corrected chi connectivity index (χ3v) is 4.31. The quantitative estimate of drug-likeness (QED) is 0.266. The van der Waals surface area contributed by atoms with Crippen LogP contribution in [0.5, 0.6) is 0 Å². The maximum atomic E-state index is 12.2. The van der Waals surface area contributed by atoms with E-state index in [-0.39, 0.29) is 18.7 Å². The van der Waals surface area contributed by atoms with Crippen molar-refractivity contribution < 1.29 is 24.3 Å². The van der Waals surface area contributed by atoms with Crippen molar-refractivity contribution in [3.8, 4) is 11.1 Å². The molecule has 0 fully saturated rings. The lowest BCUT2D eigenvalue weighted by Crippen LogP contribution is -2.29. The van der Waals surface area contributed by atoms with E-state index in [1.807, 2.05) is 30.3 Å². The zero-order valence-electron chi connectivity index (χ0n) is 16.7. The van der Waals surface area contributed by atoms with E-state index < -0.39 is 18.2 Å². The van der Waals surface area contributed by atoms with Crippen LogP contribution in [0.15, 0.2) is 54.6 Å². The van der Waals surface area contributed by atoms with Gasteiger partial charge < -0.3 is 20.0 Å². The highest BCUT2D eigenvalue weighted by Gasteiger charge is 2.21. The average molecular weight is 410 g/mol. The molecule has 9 nitrogen and oxygen atoms in total. The highest BCUT2D eigenvalue weighted by molar-refractivity contribution is 5.93. The molecule has 3 rings (SSSR count). The van der Waals surface area contributed by atoms with Gasteiger partial charge in [-0.15, -0.1) is 10.2 Å². The van der Waals surface area contributed by atoms with Crippen LogP contribution in [0.3, 0.4) is 0 Å². The Morgan fingerprint density at radius 1 is 1.20 bits per heavy atom. The molecule has 9 heteroatoms. The van der Waals surface area contributed by atoms with Gasteiger partial charge in [-0.1, -0.05) is 43.0 Å². The Morgan fingerprint density at radius 2 is 1.93 bits per heavy atom. The largest absolute Gasteiger partial charge is 0.460 e. The van der Waals surface area contributed by atoms with Crippen molar-refractivity contribution in [2.45, 2.75) is 20.0 Å². The van der Waals surface area contributed by atoms with E-state index in [4.69, 9.17) is 9.47 Å². The summed E-state index contributed by atoms with van der Waals surface area (Å²) in [7, 11) is 0. The Labute approximate surface area is 172 Å². The number of hydrogen-bond donors (Lipinski definition) is 2. The van der Waals surface area contributed by atoms with Crippen LogP contribution in [0.2, 0.25) is 0 Å². The van der Waals surface area contributed by atoms with Crippen LogP contribution in [-0.4, -0.2) is 45.6 Å². The zero-order valence-corrected chi connectivity index (χ0v) is 16.7.